The van der Waals surface area contributed by atoms with E-state index in [1.807, 2.05) is 30.3 Å². The molecule has 192 valence electrons. The molecule has 3 aromatic carbocycles. The number of unbranched alkanes of at least 4 members (excludes halogenated alkanes) is 1. The van der Waals surface area contributed by atoms with Gasteiger partial charge in [0.2, 0.25) is 0 Å². The molecule has 0 saturated carbocycles. The van der Waals surface area contributed by atoms with Crippen molar-refractivity contribution in [3.63, 3.8) is 0 Å². The van der Waals surface area contributed by atoms with Crippen LogP contribution >= 0.6 is 0 Å². The number of carboxylic acids is 1. The highest BCUT2D eigenvalue weighted by Crippen LogP contribution is 2.32. The Labute approximate surface area is 216 Å². The molecule has 8 heteroatoms. The SMILES string of the molecule is CCCCOc1ccc(C)cc1-c1ccc(COc2ccc([C@H](CC(=O)O)c3nnnn3C)cc2)cc1. The van der Waals surface area contributed by atoms with Gasteiger partial charge in [0.05, 0.1) is 18.9 Å². The van der Waals surface area contributed by atoms with E-state index in [4.69, 9.17) is 9.47 Å². The molecule has 8 nitrogen and oxygen atoms in total. The lowest BCUT2D eigenvalue weighted by molar-refractivity contribution is -0.137. The van der Waals surface area contributed by atoms with Gasteiger partial charge in [-0.2, -0.15) is 0 Å². The third kappa shape index (κ3) is 6.73. The standard InChI is InChI=1S/C29H32N4O4/c1-4-5-16-36-27-15-6-20(2)17-25(27)22-9-7-21(8-10-22)19-37-24-13-11-23(12-14-24)26(18-28(34)35)29-30-31-32-33(29)3/h6-15,17,26H,4-5,16,18-19H2,1-3H3,(H,34,35)/t26-/m0/s1. The minimum Gasteiger partial charge on any atom is -0.493 e. The molecule has 4 rings (SSSR count). The number of carbonyl (C=O) groups is 1. The van der Waals surface area contributed by atoms with Gasteiger partial charge in [-0.25, -0.2) is 4.68 Å². The van der Waals surface area contributed by atoms with Gasteiger partial charge in [0.15, 0.2) is 5.82 Å². The summed E-state index contributed by atoms with van der Waals surface area (Å²) in [5.74, 6) is 0.743. The van der Waals surface area contributed by atoms with E-state index in [9.17, 15) is 9.90 Å². The van der Waals surface area contributed by atoms with Gasteiger partial charge in [-0.3, -0.25) is 4.79 Å². The fraction of sp³-hybridized carbons (Fsp3) is 0.310. The van der Waals surface area contributed by atoms with Gasteiger partial charge < -0.3 is 14.6 Å². The minimum atomic E-state index is -0.915. The van der Waals surface area contributed by atoms with Crippen LogP contribution in [0, 0.1) is 6.92 Å². The Kier molecular flexibility index (Phi) is 8.51. The zero-order chi connectivity index (χ0) is 26.2. The maximum atomic E-state index is 11.4. The Morgan fingerprint density at radius 2 is 1.78 bits per heavy atom. The van der Waals surface area contributed by atoms with Crippen molar-refractivity contribution in [2.75, 3.05) is 6.61 Å². The van der Waals surface area contributed by atoms with Crippen molar-refractivity contribution in [3.8, 4) is 22.6 Å². The molecule has 1 heterocycles. The molecule has 0 aliphatic rings. The number of benzene rings is 3. The number of tetrazole rings is 1. The number of nitrogens with zero attached hydrogens (tertiary/aromatic N) is 4. The van der Waals surface area contributed by atoms with Gasteiger partial charge in [0.25, 0.3) is 0 Å². The molecule has 1 N–H and O–H groups in total. The number of carboxylic acid groups (broad SMARTS) is 1. The molecule has 37 heavy (non-hydrogen) atoms. The summed E-state index contributed by atoms with van der Waals surface area (Å²) in [6.45, 7) is 5.37. The van der Waals surface area contributed by atoms with E-state index in [2.05, 4.69) is 65.8 Å². The first-order valence-electron chi connectivity index (χ1n) is 12.4. The number of ether oxygens (including phenoxy) is 2. The van der Waals surface area contributed by atoms with E-state index in [0.717, 1.165) is 40.8 Å². The van der Waals surface area contributed by atoms with Crippen molar-refractivity contribution in [1.29, 1.82) is 0 Å². The molecule has 0 aliphatic carbocycles. The van der Waals surface area contributed by atoms with Gasteiger partial charge in [0, 0.05) is 12.6 Å². The molecule has 0 radical (unpaired) electrons. The minimum absolute atomic E-state index is 0.104. The van der Waals surface area contributed by atoms with E-state index in [1.165, 1.54) is 10.2 Å². The van der Waals surface area contributed by atoms with Crippen molar-refractivity contribution in [3.05, 3.63) is 89.2 Å². The third-order valence-corrected chi connectivity index (χ3v) is 6.19. The van der Waals surface area contributed by atoms with Crippen molar-refractivity contribution < 1.29 is 19.4 Å². The second kappa shape index (κ2) is 12.2. The normalized spacial score (nSPS) is 11.8. The van der Waals surface area contributed by atoms with Crippen LogP contribution in [0.15, 0.2) is 66.7 Å². The molecule has 0 spiro atoms. The van der Waals surface area contributed by atoms with E-state index >= 15 is 0 Å². The molecule has 4 aromatic rings. The Bertz CT molecular complexity index is 1320. The number of hydrogen-bond acceptors (Lipinski definition) is 6. The maximum Gasteiger partial charge on any atom is 0.304 e. The van der Waals surface area contributed by atoms with Crippen LogP contribution in [0.3, 0.4) is 0 Å². The molecule has 0 amide bonds. The van der Waals surface area contributed by atoms with Gasteiger partial charge in [0.1, 0.15) is 18.1 Å². The summed E-state index contributed by atoms with van der Waals surface area (Å²) in [5.41, 5.74) is 5.24. The quantitative estimate of drug-likeness (QED) is 0.255. The first kappa shape index (κ1) is 25.9. The lowest BCUT2D eigenvalue weighted by Crippen LogP contribution is -2.13. The zero-order valence-corrected chi connectivity index (χ0v) is 21.4. The average molecular weight is 501 g/mol. The summed E-state index contributed by atoms with van der Waals surface area (Å²) in [7, 11) is 1.70. The van der Waals surface area contributed by atoms with Gasteiger partial charge in [-0.1, -0.05) is 61.4 Å². The maximum absolute atomic E-state index is 11.4. The van der Waals surface area contributed by atoms with Crippen molar-refractivity contribution in [2.24, 2.45) is 7.05 Å². The highest BCUT2D eigenvalue weighted by atomic mass is 16.5. The van der Waals surface area contributed by atoms with E-state index < -0.39 is 11.9 Å². The molecule has 1 atom stereocenters. The number of aromatic nitrogens is 4. The number of rotatable bonds is 12. The molecule has 0 saturated heterocycles. The summed E-state index contributed by atoms with van der Waals surface area (Å²) in [4.78, 5) is 11.4. The van der Waals surface area contributed by atoms with E-state index in [1.54, 1.807) is 7.05 Å². The van der Waals surface area contributed by atoms with Crippen molar-refractivity contribution in [1.82, 2.24) is 20.2 Å². The summed E-state index contributed by atoms with van der Waals surface area (Å²) >= 11 is 0. The second-order valence-corrected chi connectivity index (χ2v) is 9.07. The topological polar surface area (TPSA) is 99.4 Å². The number of hydrogen-bond donors (Lipinski definition) is 1. The molecule has 0 aliphatic heterocycles. The number of aryl methyl sites for hydroxylation is 2. The third-order valence-electron chi connectivity index (χ3n) is 6.19. The predicted molar refractivity (Wildman–Crippen MR) is 141 cm³/mol. The largest absolute Gasteiger partial charge is 0.493 e. The van der Waals surface area contributed by atoms with Crippen LogP contribution in [-0.2, 0) is 18.4 Å². The van der Waals surface area contributed by atoms with Gasteiger partial charge in [-0.05, 0) is 64.7 Å². The van der Waals surface area contributed by atoms with E-state index in [0.29, 0.717) is 24.8 Å². The lowest BCUT2D eigenvalue weighted by Gasteiger charge is -2.15. The fourth-order valence-electron chi connectivity index (χ4n) is 4.13. The smallest absolute Gasteiger partial charge is 0.304 e. The first-order valence-corrected chi connectivity index (χ1v) is 12.4. The highest BCUT2D eigenvalue weighted by Gasteiger charge is 2.23. The van der Waals surface area contributed by atoms with Crippen LogP contribution in [0.1, 0.15) is 54.6 Å². The van der Waals surface area contributed by atoms with Crippen molar-refractivity contribution in [2.45, 2.75) is 45.6 Å². The number of aliphatic carboxylic acids is 1. The highest BCUT2D eigenvalue weighted by molar-refractivity contribution is 5.71. The summed E-state index contributed by atoms with van der Waals surface area (Å²) in [6.07, 6.45) is 2.02. The zero-order valence-electron chi connectivity index (χ0n) is 21.4. The van der Waals surface area contributed by atoms with Crippen LogP contribution in [-0.4, -0.2) is 37.9 Å². The van der Waals surface area contributed by atoms with Crippen LogP contribution in [0.4, 0.5) is 0 Å². The van der Waals surface area contributed by atoms with E-state index in [-0.39, 0.29) is 6.42 Å². The summed E-state index contributed by atoms with van der Waals surface area (Å²) in [6, 6.07) is 22.0. The monoisotopic (exact) mass is 500 g/mol. The molecule has 0 fully saturated rings. The van der Waals surface area contributed by atoms with Gasteiger partial charge in [-0.15, -0.1) is 5.10 Å². The predicted octanol–water partition coefficient (Wildman–Crippen LogP) is 5.55. The molecule has 0 unspecified atom stereocenters. The van der Waals surface area contributed by atoms with Crippen LogP contribution in [0.25, 0.3) is 11.1 Å². The Hall–Kier alpha value is -4.20. The van der Waals surface area contributed by atoms with Crippen LogP contribution < -0.4 is 9.47 Å². The average Bonchev–Trinajstić information content (AvgIpc) is 3.33. The Morgan fingerprint density at radius 3 is 2.43 bits per heavy atom. The van der Waals surface area contributed by atoms with Crippen LogP contribution in [0.5, 0.6) is 11.5 Å². The first-order chi connectivity index (χ1) is 17.9. The molecular weight excluding hydrogens is 468 g/mol. The fourth-order valence-corrected chi connectivity index (χ4v) is 4.13. The van der Waals surface area contributed by atoms with Crippen LogP contribution in [0.2, 0.25) is 0 Å². The molecular formula is C29H32N4O4. The van der Waals surface area contributed by atoms with Gasteiger partial charge >= 0.3 is 5.97 Å². The Morgan fingerprint density at radius 1 is 1.03 bits per heavy atom. The molecule has 1 aromatic heterocycles. The second-order valence-electron chi connectivity index (χ2n) is 9.07. The summed E-state index contributed by atoms with van der Waals surface area (Å²) in [5, 5.41) is 20.8. The lowest BCUT2D eigenvalue weighted by atomic mass is 9.95. The molecule has 0 bridgehead atoms. The Balaban J connectivity index is 1.42. The summed E-state index contributed by atoms with van der Waals surface area (Å²) < 4.78 is 13.5. The van der Waals surface area contributed by atoms with Crippen molar-refractivity contribution >= 4 is 5.97 Å².